The number of hydrogen-bond donors (Lipinski definition) is 0. The van der Waals surface area contributed by atoms with Gasteiger partial charge in [0.1, 0.15) is 28.2 Å². The van der Waals surface area contributed by atoms with E-state index in [-0.39, 0.29) is 23.8 Å². The molecule has 41 heavy (non-hydrogen) atoms. The van der Waals surface area contributed by atoms with Crippen LogP contribution in [0, 0.1) is 0 Å². The van der Waals surface area contributed by atoms with Gasteiger partial charge in [-0.1, -0.05) is 47.1 Å². The molecule has 0 radical (unpaired) electrons. The van der Waals surface area contributed by atoms with Crippen LogP contribution in [0.1, 0.15) is 47.0 Å². The maximum absolute atomic E-state index is 6.32. The monoisotopic (exact) mass is 730 g/mol. The molecule has 0 bridgehead atoms. The van der Waals surface area contributed by atoms with Gasteiger partial charge in [0, 0.05) is 35.3 Å². The van der Waals surface area contributed by atoms with Crippen LogP contribution in [-0.4, -0.2) is 50.3 Å². The molecule has 1 aliphatic rings. The Morgan fingerprint density at radius 2 is 1.73 bits per heavy atom. The number of benzene rings is 1. The second kappa shape index (κ2) is 19.1. The Hall–Kier alpha value is -1.27. The van der Waals surface area contributed by atoms with E-state index in [4.69, 9.17) is 28.4 Å². The first-order valence-electron chi connectivity index (χ1n) is 13.9. The fourth-order valence-electron chi connectivity index (χ4n) is 4.10. The number of rotatable bonds is 19. The molecule has 3 rings (SSSR count). The molecular weight excluding hydrogens is 692 g/mol. The third-order valence-electron chi connectivity index (χ3n) is 6.08. The predicted molar refractivity (Wildman–Crippen MR) is 177 cm³/mol. The van der Waals surface area contributed by atoms with Gasteiger partial charge in [0.05, 0.1) is 17.4 Å². The zero-order valence-corrected chi connectivity index (χ0v) is 29.0. The molecule has 0 amide bonds. The van der Waals surface area contributed by atoms with Crippen LogP contribution in [0.15, 0.2) is 67.9 Å². The Kier molecular flexibility index (Phi) is 15.9. The highest BCUT2D eigenvalue weighted by molar-refractivity contribution is 9.11. The molecule has 0 fully saturated rings. The summed E-state index contributed by atoms with van der Waals surface area (Å²) in [5.74, 6) is 2.49. The molecule has 226 valence electrons. The van der Waals surface area contributed by atoms with Crippen molar-refractivity contribution in [2.24, 2.45) is 0 Å². The van der Waals surface area contributed by atoms with Crippen LogP contribution in [0.2, 0.25) is 0 Å². The zero-order chi connectivity index (χ0) is 29.5. The van der Waals surface area contributed by atoms with Gasteiger partial charge in [-0.2, -0.15) is 0 Å². The summed E-state index contributed by atoms with van der Waals surface area (Å²) in [7, 11) is 0. The number of hydrogen-bond acceptors (Lipinski definition) is 8. The first-order valence-corrected chi connectivity index (χ1v) is 17.5. The lowest BCUT2D eigenvalue weighted by Crippen LogP contribution is -2.23. The minimum atomic E-state index is -0.107. The Balaban J connectivity index is 1.54. The number of thiophene rings is 1. The summed E-state index contributed by atoms with van der Waals surface area (Å²) in [6, 6.07) is 8.05. The van der Waals surface area contributed by atoms with E-state index in [1.165, 1.54) is 0 Å². The van der Waals surface area contributed by atoms with Gasteiger partial charge in [0.2, 0.25) is 0 Å². The third kappa shape index (κ3) is 10.2. The van der Waals surface area contributed by atoms with Crippen molar-refractivity contribution < 1.29 is 28.4 Å². The number of alkyl halides is 1. The quantitative estimate of drug-likeness (QED) is 0.0469. The summed E-state index contributed by atoms with van der Waals surface area (Å²) in [5.41, 5.74) is 4.17. The lowest BCUT2D eigenvalue weighted by molar-refractivity contribution is -0.0686. The SMILES string of the molecule is C/C=C(C1=CSC(Br)C1OCOCC)\C(=C/CC)OCCCCOc1ccccc1-c1csc(Br)c1OCOCC. The number of thioether (sulfide) groups is 1. The van der Waals surface area contributed by atoms with Gasteiger partial charge in [0.25, 0.3) is 0 Å². The van der Waals surface area contributed by atoms with E-state index in [0.717, 1.165) is 62.6 Å². The molecule has 2 unspecified atom stereocenters. The molecule has 0 saturated heterocycles. The number of para-hydroxylation sites is 1. The minimum absolute atomic E-state index is 0.107. The predicted octanol–water partition coefficient (Wildman–Crippen LogP) is 9.70. The second-order valence-corrected chi connectivity index (χ2v) is 13.7. The highest BCUT2D eigenvalue weighted by atomic mass is 79.9. The molecule has 0 N–H and O–H groups in total. The van der Waals surface area contributed by atoms with Gasteiger partial charge in [-0.05, 0) is 79.1 Å². The average molecular weight is 733 g/mol. The Morgan fingerprint density at radius 1 is 0.976 bits per heavy atom. The fraction of sp³-hybridized carbons (Fsp3) is 0.484. The van der Waals surface area contributed by atoms with E-state index in [1.54, 1.807) is 23.1 Å². The van der Waals surface area contributed by atoms with Gasteiger partial charge in [-0.25, -0.2) is 0 Å². The minimum Gasteiger partial charge on any atom is -0.493 e. The van der Waals surface area contributed by atoms with Crippen molar-refractivity contribution in [3.63, 3.8) is 0 Å². The smallest absolute Gasteiger partial charge is 0.189 e. The van der Waals surface area contributed by atoms with E-state index in [2.05, 4.69) is 67.8 Å². The summed E-state index contributed by atoms with van der Waals surface area (Å²) >= 11 is 10.6. The summed E-state index contributed by atoms with van der Waals surface area (Å²) < 4.78 is 36.4. The zero-order valence-electron chi connectivity index (χ0n) is 24.2. The molecule has 2 atom stereocenters. The van der Waals surface area contributed by atoms with Crippen LogP contribution < -0.4 is 9.47 Å². The number of ether oxygens (including phenoxy) is 6. The van der Waals surface area contributed by atoms with E-state index >= 15 is 0 Å². The third-order valence-corrected chi connectivity index (χ3v) is 9.78. The van der Waals surface area contributed by atoms with Crippen molar-refractivity contribution in [2.75, 3.05) is 40.0 Å². The van der Waals surface area contributed by atoms with Gasteiger partial charge in [-0.3, -0.25) is 0 Å². The van der Waals surface area contributed by atoms with Crippen LogP contribution in [-0.2, 0) is 18.9 Å². The Labute approximate surface area is 269 Å². The van der Waals surface area contributed by atoms with Crippen molar-refractivity contribution in [1.82, 2.24) is 0 Å². The summed E-state index contributed by atoms with van der Waals surface area (Å²) in [5, 5.41) is 4.23. The Bertz CT molecular complexity index is 1160. The average Bonchev–Trinajstić information content (AvgIpc) is 3.53. The summed E-state index contributed by atoms with van der Waals surface area (Å²) in [6.07, 6.45) is 6.74. The van der Waals surface area contributed by atoms with Crippen molar-refractivity contribution in [3.05, 3.63) is 67.9 Å². The van der Waals surface area contributed by atoms with E-state index in [0.29, 0.717) is 26.4 Å². The summed E-state index contributed by atoms with van der Waals surface area (Å²) in [6.45, 7) is 11.0. The topological polar surface area (TPSA) is 55.4 Å². The van der Waals surface area contributed by atoms with Crippen LogP contribution in [0.4, 0.5) is 0 Å². The largest absolute Gasteiger partial charge is 0.493 e. The van der Waals surface area contributed by atoms with Crippen molar-refractivity contribution in [2.45, 2.75) is 57.2 Å². The maximum Gasteiger partial charge on any atom is 0.189 e. The normalized spacial score (nSPS) is 17.6. The van der Waals surface area contributed by atoms with Gasteiger partial charge in [-0.15, -0.1) is 23.1 Å². The van der Waals surface area contributed by atoms with E-state index < -0.39 is 0 Å². The molecule has 1 aromatic heterocycles. The maximum atomic E-state index is 6.32. The van der Waals surface area contributed by atoms with E-state index in [9.17, 15) is 0 Å². The lowest BCUT2D eigenvalue weighted by atomic mass is 10.0. The van der Waals surface area contributed by atoms with Crippen LogP contribution >= 0.6 is 55.0 Å². The standard InChI is InChI=1S/C31H40Br2O6S2/c1-5-13-26(22(6-2)24-18-40-30(32)28(24)38-20-34-7-3)36-16-11-12-17-37-27-15-10-9-14-23(27)25-19-41-31(33)29(25)39-21-35-8-4/h6,9-10,13-15,18-19,28,30H,5,7-8,11-12,16-17,20-21H2,1-4H3/b22-6-,26-13+. The molecule has 10 heteroatoms. The highest BCUT2D eigenvalue weighted by Crippen LogP contribution is 2.45. The van der Waals surface area contributed by atoms with Crippen LogP contribution in [0.5, 0.6) is 11.5 Å². The molecule has 0 aliphatic carbocycles. The van der Waals surface area contributed by atoms with Gasteiger partial charge in [0.15, 0.2) is 12.5 Å². The first kappa shape index (κ1) is 34.2. The molecule has 0 spiro atoms. The molecular formula is C31H40Br2O6S2. The molecule has 2 aromatic rings. The lowest BCUT2D eigenvalue weighted by Gasteiger charge is -2.22. The molecule has 0 saturated carbocycles. The first-order chi connectivity index (χ1) is 20.0. The molecule has 2 heterocycles. The second-order valence-electron chi connectivity index (χ2n) is 8.84. The fourth-order valence-corrected chi connectivity index (χ4v) is 7.11. The van der Waals surface area contributed by atoms with Gasteiger partial charge >= 0.3 is 0 Å². The summed E-state index contributed by atoms with van der Waals surface area (Å²) in [4.78, 5) is 0. The molecule has 1 aliphatic heterocycles. The van der Waals surface area contributed by atoms with Crippen molar-refractivity contribution in [1.29, 1.82) is 0 Å². The molecule has 1 aromatic carbocycles. The number of allylic oxidation sites excluding steroid dienone is 3. The highest BCUT2D eigenvalue weighted by Gasteiger charge is 2.33. The van der Waals surface area contributed by atoms with Gasteiger partial charge < -0.3 is 28.4 Å². The number of unbranched alkanes of at least 4 members (excludes halogenated alkanes) is 1. The molecule has 6 nitrogen and oxygen atoms in total. The van der Waals surface area contributed by atoms with Crippen molar-refractivity contribution in [3.8, 4) is 22.6 Å². The Morgan fingerprint density at radius 3 is 2.49 bits per heavy atom. The van der Waals surface area contributed by atoms with Crippen LogP contribution in [0.3, 0.4) is 0 Å². The van der Waals surface area contributed by atoms with Crippen molar-refractivity contribution >= 4 is 55.0 Å². The van der Waals surface area contributed by atoms with Crippen LogP contribution in [0.25, 0.3) is 11.1 Å². The van der Waals surface area contributed by atoms with E-state index in [1.807, 2.05) is 39.0 Å². The number of halogens is 2.